The zero-order valence-electron chi connectivity index (χ0n) is 18.6. The van der Waals surface area contributed by atoms with Crippen LogP contribution in [-0.2, 0) is 11.2 Å². The monoisotopic (exact) mass is 477 g/mol. The Morgan fingerprint density at radius 3 is 2.35 bits per heavy atom. The number of fused-ring (bicyclic) bond motifs is 3. The Labute approximate surface area is 193 Å². The molecule has 0 radical (unpaired) electrons. The number of nitrogens with zero attached hydrogens (tertiary/aromatic N) is 2. The summed E-state index contributed by atoms with van der Waals surface area (Å²) >= 11 is 0. The SMILES string of the molecule is C[C@@H]1Cc2c([nH]c3ccccc23)[C@@H](c2c(F)cc(N3CCC(=O)CC3)cc2F)N1CC(F)(F)F. The number of rotatable bonds is 3. The topological polar surface area (TPSA) is 39.3 Å². The number of anilines is 1. The fraction of sp³-hybridized carbons (Fsp3) is 0.400. The summed E-state index contributed by atoms with van der Waals surface area (Å²) in [5.41, 5.74) is 1.77. The first-order chi connectivity index (χ1) is 16.1. The van der Waals surface area contributed by atoms with Gasteiger partial charge in [-0.25, -0.2) is 8.78 Å². The third kappa shape index (κ3) is 4.06. The summed E-state index contributed by atoms with van der Waals surface area (Å²) in [6.45, 7) is 1.06. The Bertz CT molecular complexity index is 1220. The fourth-order valence-electron chi connectivity index (χ4n) is 5.30. The van der Waals surface area contributed by atoms with Crippen LogP contribution in [0.15, 0.2) is 36.4 Å². The number of H-pyrrole nitrogens is 1. The van der Waals surface area contributed by atoms with Crippen LogP contribution in [0.3, 0.4) is 0 Å². The van der Waals surface area contributed by atoms with Gasteiger partial charge in [-0.2, -0.15) is 13.2 Å². The van der Waals surface area contributed by atoms with Gasteiger partial charge in [-0.15, -0.1) is 0 Å². The number of ketones is 1. The molecule has 4 nitrogen and oxygen atoms in total. The number of benzene rings is 2. The molecule has 0 bridgehead atoms. The lowest BCUT2D eigenvalue weighted by atomic mass is 9.88. The van der Waals surface area contributed by atoms with E-state index >= 15 is 8.78 Å². The standard InChI is InChI=1S/C25H24F5N3O/c1-14-10-18-17-4-2-3-5-21(17)31-23(18)24(33(14)13-25(28,29)30)22-19(26)11-15(12-20(22)27)32-8-6-16(34)7-9-32/h2-5,11-12,14,24,31H,6-10,13H2,1H3/t14-,24-/m1/s1. The van der Waals surface area contributed by atoms with Crippen molar-refractivity contribution in [2.45, 2.75) is 44.4 Å². The maximum Gasteiger partial charge on any atom is 0.401 e. The molecule has 3 aromatic rings. The Hall–Kier alpha value is -2.94. The van der Waals surface area contributed by atoms with Crippen molar-refractivity contribution >= 4 is 22.4 Å². The molecular weight excluding hydrogens is 453 g/mol. The third-order valence-electron chi connectivity index (χ3n) is 6.90. The molecule has 1 saturated heterocycles. The van der Waals surface area contributed by atoms with E-state index in [2.05, 4.69) is 4.98 Å². The number of halogens is 5. The van der Waals surface area contributed by atoms with Crippen LogP contribution in [0.1, 0.15) is 42.6 Å². The van der Waals surface area contributed by atoms with Crippen LogP contribution in [0.4, 0.5) is 27.6 Å². The van der Waals surface area contributed by atoms with Gasteiger partial charge in [0.15, 0.2) is 0 Å². The first-order valence-electron chi connectivity index (χ1n) is 11.3. The average Bonchev–Trinajstić information content (AvgIpc) is 3.13. The molecule has 0 unspecified atom stereocenters. The van der Waals surface area contributed by atoms with Crippen LogP contribution in [0.5, 0.6) is 0 Å². The van der Waals surface area contributed by atoms with Crippen LogP contribution in [-0.4, -0.2) is 47.5 Å². The lowest BCUT2D eigenvalue weighted by Gasteiger charge is -2.41. The molecule has 0 spiro atoms. The van der Waals surface area contributed by atoms with Gasteiger partial charge < -0.3 is 9.88 Å². The molecule has 2 aromatic carbocycles. The van der Waals surface area contributed by atoms with E-state index in [1.54, 1.807) is 24.0 Å². The number of carbonyl (C=O) groups excluding carboxylic acids is 1. The summed E-state index contributed by atoms with van der Waals surface area (Å²) in [6, 6.07) is 7.78. The Kier molecular flexibility index (Phi) is 5.62. The van der Waals surface area contributed by atoms with Gasteiger partial charge in [0, 0.05) is 59.8 Å². The highest BCUT2D eigenvalue weighted by atomic mass is 19.4. The minimum Gasteiger partial charge on any atom is -0.370 e. The minimum absolute atomic E-state index is 0.0964. The van der Waals surface area contributed by atoms with Crippen molar-refractivity contribution in [1.82, 2.24) is 9.88 Å². The number of carbonyl (C=O) groups is 1. The van der Waals surface area contributed by atoms with Crippen molar-refractivity contribution in [2.24, 2.45) is 0 Å². The lowest BCUT2D eigenvalue weighted by Crippen LogP contribution is -2.47. The highest BCUT2D eigenvalue weighted by molar-refractivity contribution is 5.85. The van der Waals surface area contributed by atoms with Gasteiger partial charge in [-0.1, -0.05) is 18.2 Å². The second-order valence-electron chi connectivity index (χ2n) is 9.15. The molecule has 2 aliphatic rings. The molecule has 1 N–H and O–H groups in total. The predicted octanol–water partition coefficient (Wildman–Crippen LogP) is 5.51. The number of alkyl halides is 3. The van der Waals surface area contributed by atoms with E-state index in [1.807, 2.05) is 12.1 Å². The van der Waals surface area contributed by atoms with E-state index in [0.29, 0.717) is 43.6 Å². The van der Waals surface area contributed by atoms with E-state index < -0.39 is 42.0 Å². The molecule has 2 aliphatic heterocycles. The number of Topliss-reactive ketones (excluding diaryl/α,β-unsaturated/α-hetero) is 1. The molecule has 0 amide bonds. The van der Waals surface area contributed by atoms with Crippen LogP contribution < -0.4 is 4.90 Å². The Morgan fingerprint density at radius 1 is 1.06 bits per heavy atom. The van der Waals surface area contributed by atoms with Crippen LogP contribution in [0.25, 0.3) is 10.9 Å². The maximum absolute atomic E-state index is 15.6. The van der Waals surface area contributed by atoms with E-state index in [4.69, 9.17) is 0 Å². The van der Waals surface area contributed by atoms with Crippen molar-refractivity contribution in [2.75, 3.05) is 24.5 Å². The zero-order chi connectivity index (χ0) is 24.2. The van der Waals surface area contributed by atoms with E-state index in [-0.39, 0.29) is 11.5 Å². The van der Waals surface area contributed by atoms with Crippen molar-refractivity contribution in [1.29, 1.82) is 0 Å². The van der Waals surface area contributed by atoms with Crippen LogP contribution >= 0.6 is 0 Å². The molecule has 180 valence electrons. The Morgan fingerprint density at radius 2 is 1.71 bits per heavy atom. The fourth-order valence-corrected chi connectivity index (χ4v) is 5.30. The molecule has 34 heavy (non-hydrogen) atoms. The molecule has 3 heterocycles. The zero-order valence-corrected chi connectivity index (χ0v) is 18.6. The minimum atomic E-state index is -4.54. The first kappa shape index (κ1) is 22.8. The number of hydrogen-bond donors (Lipinski definition) is 1. The lowest BCUT2D eigenvalue weighted by molar-refractivity contribution is -0.155. The highest BCUT2D eigenvalue weighted by Gasteiger charge is 2.43. The molecule has 2 atom stereocenters. The van der Waals surface area contributed by atoms with Crippen LogP contribution in [0.2, 0.25) is 0 Å². The molecule has 9 heteroatoms. The van der Waals surface area contributed by atoms with Gasteiger partial charge in [0.25, 0.3) is 0 Å². The maximum atomic E-state index is 15.6. The third-order valence-corrected chi connectivity index (χ3v) is 6.90. The quantitative estimate of drug-likeness (QED) is 0.506. The normalized spacial score (nSPS) is 21.8. The summed E-state index contributed by atoms with van der Waals surface area (Å²) in [5.74, 6) is -1.70. The molecule has 1 fully saturated rings. The predicted molar refractivity (Wildman–Crippen MR) is 119 cm³/mol. The molecule has 1 aromatic heterocycles. The first-order valence-corrected chi connectivity index (χ1v) is 11.3. The summed E-state index contributed by atoms with van der Waals surface area (Å²) < 4.78 is 71.8. The van der Waals surface area contributed by atoms with Gasteiger partial charge in [0.1, 0.15) is 17.4 Å². The van der Waals surface area contributed by atoms with Crippen LogP contribution in [0, 0.1) is 11.6 Å². The van der Waals surface area contributed by atoms with Gasteiger partial charge >= 0.3 is 6.18 Å². The number of aromatic nitrogens is 1. The summed E-state index contributed by atoms with van der Waals surface area (Å²) in [4.78, 5) is 17.5. The summed E-state index contributed by atoms with van der Waals surface area (Å²) in [7, 11) is 0. The Balaban J connectivity index is 1.64. The van der Waals surface area contributed by atoms with Crippen molar-refractivity contribution < 1.29 is 26.7 Å². The van der Waals surface area contributed by atoms with E-state index in [0.717, 1.165) is 15.8 Å². The number of hydrogen-bond acceptors (Lipinski definition) is 3. The largest absolute Gasteiger partial charge is 0.401 e. The highest BCUT2D eigenvalue weighted by Crippen LogP contribution is 2.44. The van der Waals surface area contributed by atoms with Gasteiger partial charge in [0.05, 0.1) is 12.6 Å². The second kappa shape index (κ2) is 8.37. The summed E-state index contributed by atoms with van der Waals surface area (Å²) in [5, 5.41) is 0.844. The van der Waals surface area contributed by atoms with Gasteiger partial charge in [-0.3, -0.25) is 9.69 Å². The second-order valence-corrected chi connectivity index (χ2v) is 9.15. The van der Waals surface area contributed by atoms with Crippen molar-refractivity contribution in [3.63, 3.8) is 0 Å². The molecule has 5 rings (SSSR count). The summed E-state index contributed by atoms with van der Waals surface area (Å²) in [6.07, 6.45) is -3.62. The smallest absolute Gasteiger partial charge is 0.370 e. The number of para-hydroxylation sites is 1. The van der Waals surface area contributed by atoms with Crippen molar-refractivity contribution in [3.05, 3.63) is 64.9 Å². The number of piperidine rings is 1. The average molecular weight is 477 g/mol. The van der Waals surface area contributed by atoms with Gasteiger partial charge in [0.2, 0.25) is 0 Å². The van der Waals surface area contributed by atoms with E-state index in [9.17, 15) is 18.0 Å². The molecule has 0 aliphatic carbocycles. The van der Waals surface area contributed by atoms with E-state index in [1.165, 1.54) is 12.1 Å². The van der Waals surface area contributed by atoms with Gasteiger partial charge in [-0.05, 0) is 37.1 Å². The molecule has 0 saturated carbocycles. The number of aromatic amines is 1. The molecular formula is C25H24F5N3O. The number of nitrogens with one attached hydrogen (secondary N) is 1. The van der Waals surface area contributed by atoms with Crippen molar-refractivity contribution in [3.8, 4) is 0 Å².